The van der Waals surface area contributed by atoms with E-state index in [-0.39, 0.29) is 12.0 Å². The van der Waals surface area contributed by atoms with Crippen LogP contribution in [0.5, 0.6) is 0 Å². The van der Waals surface area contributed by atoms with Gasteiger partial charge in [0, 0.05) is 5.92 Å². The van der Waals surface area contributed by atoms with Gasteiger partial charge >= 0.3 is 0 Å². The van der Waals surface area contributed by atoms with Gasteiger partial charge in [-0.2, -0.15) is 0 Å². The molecular formula is C12H16O. The first-order chi connectivity index (χ1) is 6.25. The van der Waals surface area contributed by atoms with E-state index in [4.69, 9.17) is 0 Å². The number of rotatable bonds is 4. The van der Waals surface area contributed by atoms with Gasteiger partial charge in [-0.25, -0.2) is 0 Å². The van der Waals surface area contributed by atoms with Crippen LogP contribution in [0.15, 0.2) is 43.0 Å². The molecule has 13 heavy (non-hydrogen) atoms. The summed E-state index contributed by atoms with van der Waals surface area (Å²) in [6.07, 6.45) is 2.08. The Hall–Kier alpha value is -1.08. The van der Waals surface area contributed by atoms with Gasteiger partial charge in [-0.1, -0.05) is 43.3 Å². The summed E-state index contributed by atoms with van der Waals surface area (Å²) in [6, 6.07) is 10.0. The number of hydrogen-bond donors (Lipinski definition) is 1. The van der Waals surface area contributed by atoms with Crippen LogP contribution in [0.4, 0.5) is 0 Å². The lowest BCUT2D eigenvalue weighted by atomic mass is 9.94. The molecule has 2 atom stereocenters. The zero-order chi connectivity index (χ0) is 9.68. The van der Waals surface area contributed by atoms with Crippen LogP contribution in [0.1, 0.15) is 24.8 Å². The van der Waals surface area contributed by atoms with Crippen LogP contribution in [0.3, 0.4) is 0 Å². The molecule has 1 nitrogen and oxygen atoms in total. The molecular weight excluding hydrogens is 160 g/mol. The maximum atomic E-state index is 9.70. The Bertz CT molecular complexity index is 253. The van der Waals surface area contributed by atoms with Gasteiger partial charge in [0.2, 0.25) is 0 Å². The van der Waals surface area contributed by atoms with Crippen LogP contribution >= 0.6 is 0 Å². The number of aliphatic hydroxyl groups is 1. The minimum absolute atomic E-state index is 0.180. The number of hydrogen-bond acceptors (Lipinski definition) is 1. The van der Waals surface area contributed by atoms with E-state index in [1.54, 1.807) is 6.08 Å². The molecule has 0 radical (unpaired) electrons. The Labute approximate surface area is 79.7 Å². The first-order valence-electron chi connectivity index (χ1n) is 4.59. The number of benzene rings is 1. The van der Waals surface area contributed by atoms with E-state index < -0.39 is 0 Å². The maximum Gasteiger partial charge on any atom is 0.0640 e. The predicted molar refractivity (Wildman–Crippen MR) is 55.7 cm³/mol. The maximum absolute atomic E-state index is 9.70. The third-order valence-corrected chi connectivity index (χ3v) is 2.31. The zero-order valence-corrected chi connectivity index (χ0v) is 7.98. The second kappa shape index (κ2) is 4.83. The topological polar surface area (TPSA) is 20.2 Å². The minimum Gasteiger partial charge on any atom is -0.392 e. The fraction of sp³-hybridized carbons (Fsp3) is 0.333. The molecule has 0 heterocycles. The first-order valence-corrected chi connectivity index (χ1v) is 4.59. The lowest BCUT2D eigenvalue weighted by Crippen LogP contribution is -2.14. The average Bonchev–Trinajstić information content (AvgIpc) is 2.18. The van der Waals surface area contributed by atoms with Crippen molar-refractivity contribution < 1.29 is 5.11 Å². The largest absolute Gasteiger partial charge is 0.392 e. The van der Waals surface area contributed by atoms with Crippen LogP contribution in [0.2, 0.25) is 0 Å². The Balaban J connectivity index is 2.67. The minimum atomic E-state index is -0.320. The Morgan fingerprint density at radius 3 is 2.54 bits per heavy atom. The van der Waals surface area contributed by atoms with E-state index in [9.17, 15) is 5.11 Å². The van der Waals surface area contributed by atoms with Crippen LogP contribution in [-0.4, -0.2) is 11.2 Å². The molecule has 0 aromatic heterocycles. The van der Waals surface area contributed by atoms with Crippen molar-refractivity contribution in [3.63, 3.8) is 0 Å². The van der Waals surface area contributed by atoms with Crippen LogP contribution in [-0.2, 0) is 0 Å². The standard InChI is InChI=1S/C12H16O/c1-3-7-12(13)10(2)11-8-5-4-6-9-11/h3-6,8-10,12-13H,1,7H2,2H3. The van der Waals surface area contributed by atoms with Crippen molar-refractivity contribution in [1.29, 1.82) is 0 Å². The molecule has 0 aliphatic rings. The molecule has 0 amide bonds. The highest BCUT2D eigenvalue weighted by Gasteiger charge is 2.13. The second-order valence-electron chi connectivity index (χ2n) is 3.29. The van der Waals surface area contributed by atoms with E-state index in [1.165, 1.54) is 5.56 Å². The summed E-state index contributed by atoms with van der Waals surface area (Å²) in [7, 11) is 0. The van der Waals surface area contributed by atoms with E-state index in [0.717, 1.165) is 0 Å². The summed E-state index contributed by atoms with van der Waals surface area (Å²) in [5.74, 6) is 0.180. The van der Waals surface area contributed by atoms with Gasteiger partial charge in [0.15, 0.2) is 0 Å². The van der Waals surface area contributed by atoms with Crippen LogP contribution in [0, 0.1) is 0 Å². The summed E-state index contributed by atoms with van der Waals surface area (Å²) in [4.78, 5) is 0. The molecule has 1 N–H and O–H groups in total. The molecule has 0 saturated carbocycles. The summed E-state index contributed by atoms with van der Waals surface area (Å²) in [5.41, 5.74) is 1.18. The molecule has 70 valence electrons. The molecule has 0 aliphatic carbocycles. The summed E-state index contributed by atoms with van der Waals surface area (Å²) in [6.45, 7) is 5.65. The van der Waals surface area contributed by atoms with E-state index in [1.807, 2.05) is 37.3 Å². The van der Waals surface area contributed by atoms with Crippen LogP contribution in [0.25, 0.3) is 0 Å². The Kier molecular flexibility index (Phi) is 3.71. The first kappa shape index (κ1) is 10.0. The van der Waals surface area contributed by atoms with Crippen molar-refractivity contribution in [2.24, 2.45) is 0 Å². The van der Waals surface area contributed by atoms with E-state index in [2.05, 4.69) is 6.58 Å². The molecule has 1 aromatic carbocycles. The van der Waals surface area contributed by atoms with E-state index in [0.29, 0.717) is 6.42 Å². The zero-order valence-electron chi connectivity index (χ0n) is 7.98. The highest BCUT2D eigenvalue weighted by Crippen LogP contribution is 2.20. The highest BCUT2D eigenvalue weighted by molar-refractivity contribution is 5.19. The fourth-order valence-corrected chi connectivity index (χ4v) is 1.35. The fourth-order valence-electron chi connectivity index (χ4n) is 1.35. The average molecular weight is 176 g/mol. The monoisotopic (exact) mass is 176 g/mol. The lowest BCUT2D eigenvalue weighted by molar-refractivity contribution is 0.152. The molecule has 0 spiro atoms. The third kappa shape index (κ3) is 2.71. The molecule has 0 saturated heterocycles. The van der Waals surface area contributed by atoms with Crippen molar-refractivity contribution in [1.82, 2.24) is 0 Å². The third-order valence-electron chi connectivity index (χ3n) is 2.31. The van der Waals surface area contributed by atoms with E-state index >= 15 is 0 Å². The van der Waals surface area contributed by atoms with Gasteiger partial charge in [-0.3, -0.25) is 0 Å². The van der Waals surface area contributed by atoms with Crippen molar-refractivity contribution in [2.45, 2.75) is 25.4 Å². The highest BCUT2D eigenvalue weighted by atomic mass is 16.3. The molecule has 1 heteroatoms. The van der Waals surface area contributed by atoms with Gasteiger partial charge in [0.1, 0.15) is 0 Å². The molecule has 0 aliphatic heterocycles. The summed E-state index contributed by atoms with van der Waals surface area (Å²) in [5, 5.41) is 9.70. The second-order valence-corrected chi connectivity index (χ2v) is 3.29. The normalized spacial score (nSPS) is 14.9. The Morgan fingerprint density at radius 1 is 1.38 bits per heavy atom. The van der Waals surface area contributed by atoms with Gasteiger partial charge in [-0.15, -0.1) is 6.58 Å². The summed E-state index contributed by atoms with van der Waals surface area (Å²) >= 11 is 0. The SMILES string of the molecule is C=CCC(O)C(C)c1ccccc1. The molecule has 2 unspecified atom stereocenters. The molecule has 1 rings (SSSR count). The van der Waals surface area contributed by atoms with Gasteiger partial charge in [0.25, 0.3) is 0 Å². The van der Waals surface area contributed by atoms with Crippen molar-refractivity contribution in [2.75, 3.05) is 0 Å². The van der Waals surface area contributed by atoms with Crippen LogP contribution < -0.4 is 0 Å². The van der Waals surface area contributed by atoms with Gasteiger partial charge in [0.05, 0.1) is 6.10 Å². The smallest absolute Gasteiger partial charge is 0.0640 e. The molecule has 0 bridgehead atoms. The molecule has 1 aromatic rings. The summed E-state index contributed by atoms with van der Waals surface area (Å²) < 4.78 is 0. The quantitative estimate of drug-likeness (QED) is 0.699. The van der Waals surface area contributed by atoms with Crippen molar-refractivity contribution in [3.05, 3.63) is 48.6 Å². The Morgan fingerprint density at radius 2 is 2.00 bits per heavy atom. The van der Waals surface area contributed by atoms with Crippen molar-refractivity contribution in [3.8, 4) is 0 Å². The van der Waals surface area contributed by atoms with Crippen molar-refractivity contribution >= 4 is 0 Å². The van der Waals surface area contributed by atoms with Gasteiger partial charge < -0.3 is 5.11 Å². The predicted octanol–water partition coefficient (Wildman–Crippen LogP) is 2.73. The molecule has 0 fully saturated rings. The number of aliphatic hydroxyl groups excluding tert-OH is 1. The lowest BCUT2D eigenvalue weighted by Gasteiger charge is -2.17. The van der Waals surface area contributed by atoms with Gasteiger partial charge in [-0.05, 0) is 12.0 Å².